The van der Waals surface area contributed by atoms with Gasteiger partial charge in [0.1, 0.15) is 5.75 Å². The van der Waals surface area contributed by atoms with Crippen molar-refractivity contribution < 1.29 is 19.4 Å². The molecule has 0 heterocycles. The molecule has 0 atom stereocenters. The lowest BCUT2D eigenvalue weighted by molar-refractivity contribution is -0.142. The topological polar surface area (TPSA) is 63.6 Å². The van der Waals surface area contributed by atoms with Gasteiger partial charge in [0, 0.05) is 11.1 Å². The number of benzene rings is 2. The molecule has 0 fully saturated rings. The molecular formula is C19H20O4. The minimum atomic E-state index is -0.397. The number of carbonyl (C=O) groups excluding carboxylic acids is 2. The van der Waals surface area contributed by atoms with Crippen LogP contribution < -0.4 is 0 Å². The molecule has 2 rings (SSSR count). The first-order chi connectivity index (χ1) is 11.1. The number of carbonyl (C=O) groups is 2. The maximum absolute atomic E-state index is 12.6. The van der Waals surface area contributed by atoms with Crippen molar-refractivity contribution in [2.45, 2.75) is 26.2 Å². The van der Waals surface area contributed by atoms with Crippen molar-refractivity contribution in [2.24, 2.45) is 0 Å². The summed E-state index contributed by atoms with van der Waals surface area (Å²) in [7, 11) is 0. The molecule has 2 aromatic carbocycles. The number of phenols is 1. The van der Waals surface area contributed by atoms with E-state index in [0.29, 0.717) is 23.3 Å². The van der Waals surface area contributed by atoms with Crippen LogP contribution in [0.2, 0.25) is 0 Å². The van der Waals surface area contributed by atoms with Crippen molar-refractivity contribution in [1.29, 1.82) is 0 Å². The van der Waals surface area contributed by atoms with Gasteiger partial charge in [-0.3, -0.25) is 9.59 Å². The van der Waals surface area contributed by atoms with Gasteiger partial charge in [-0.05, 0) is 30.2 Å². The van der Waals surface area contributed by atoms with Gasteiger partial charge in [0.25, 0.3) is 0 Å². The van der Waals surface area contributed by atoms with Crippen LogP contribution in [-0.4, -0.2) is 23.5 Å². The van der Waals surface area contributed by atoms with E-state index in [4.69, 9.17) is 4.74 Å². The van der Waals surface area contributed by atoms with Gasteiger partial charge in [-0.25, -0.2) is 0 Å². The van der Waals surface area contributed by atoms with Crippen LogP contribution in [0.1, 0.15) is 41.3 Å². The number of phenolic OH excluding ortho intramolecular Hbond substituents is 1. The molecule has 0 aliphatic heterocycles. The van der Waals surface area contributed by atoms with E-state index in [9.17, 15) is 14.7 Å². The number of hydrogen-bond donors (Lipinski definition) is 1. The van der Waals surface area contributed by atoms with E-state index in [1.165, 1.54) is 12.1 Å². The molecule has 4 heteroatoms. The molecular weight excluding hydrogens is 292 g/mol. The Labute approximate surface area is 135 Å². The van der Waals surface area contributed by atoms with E-state index in [1.807, 2.05) is 13.0 Å². The van der Waals surface area contributed by atoms with Gasteiger partial charge in [-0.2, -0.15) is 0 Å². The lowest BCUT2D eigenvalue weighted by atomic mass is 9.96. The summed E-state index contributed by atoms with van der Waals surface area (Å²) >= 11 is 0. The van der Waals surface area contributed by atoms with Crippen LogP contribution in [0.15, 0.2) is 48.5 Å². The van der Waals surface area contributed by atoms with Crippen LogP contribution >= 0.6 is 0 Å². The predicted molar refractivity (Wildman–Crippen MR) is 87.6 cm³/mol. The zero-order valence-corrected chi connectivity index (χ0v) is 13.1. The number of hydrogen-bond acceptors (Lipinski definition) is 4. The van der Waals surface area contributed by atoms with Crippen molar-refractivity contribution in [3.05, 3.63) is 65.2 Å². The van der Waals surface area contributed by atoms with Gasteiger partial charge < -0.3 is 9.84 Å². The highest BCUT2D eigenvalue weighted by atomic mass is 16.5. The zero-order valence-electron chi connectivity index (χ0n) is 13.1. The summed E-state index contributed by atoms with van der Waals surface area (Å²) in [5.41, 5.74) is 1.42. The van der Waals surface area contributed by atoms with Crippen molar-refractivity contribution in [1.82, 2.24) is 0 Å². The molecule has 2 aromatic rings. The molecule has 0 aliphatic rings. The molecule has 0 unspecified atom stereocenters. The first-order valence-electron chi connectivity index (χ1n) is 7.69. The molecule has 0 radical (unpaired) electrons. The van der Waals surface area contributed by atoms with E-state index >= 15 is 0 Å². The Morgan fingerprint density at radius 1 is 1.09 bits per heavy atom. The molecule has 23 heavy (non-hydrogen) atoms. The van der Waals surface area contributed by atoms with Gasteiger partial charge >= 0.3 is 5.97 Å². The third-order valence-electron chi connectivity index (χ3n) is 3.47. The third kappa shape index (κ3) is 4.68. The molecule has 0 aromatic heterocycles. The van der Waals surface area contributed by atoms with Crippen LogP contribution in [0, 0.1) is 0 Å². The normalized spacial score (nSPS) is 10.3. The number of unbranched alkanes of at least 4 members (excludes halogenated alkanes) is 1. The first kappa shape index (κ1) is 16.7. The second kappa shape index (κ2) is 8.13. The molecule has 4 nitrogen and oxygen atoms in total. The number of ether oxygens (including phenoxy) is 1. The lowest BCUT2D eigenvalue weighted by Gasteiger charge is -2.10. The number of rotatable bonds is 7. The van der Waals surface area contributed by atoms with Gasteiger partial charge in [-0.15, -0.1) is 0 Å². The lowest BCUT2D eigenvalue weighted by Crippen LogP contribution is -2.13. The highest BCUT2D eigenvalue weighted by Gasteiger charge is 2.17. The van der Waals surface area contributed by atoms with Gasteiger partial charge in [0.15, 0.2) is 5.78 Å². The fourth-order valence-electron chi connectivity index (χ4n) is 2.23. The van der Waals surface area contributed by atoms with E-state index < -0.39 is 5.97 Å². The Kier molecular flexibility index (Phi) is 5.92. The van der Waals surface area contributed by atoms with E-state index in [2.05, 4.69) is 0 Å². The summed E-state index contributed by atoms with van der Waals surface area (Å²) in [6.45, 7) is 2.38. The van der Waals surface area contributed by atoms with Crippen LogP contribution in [0.4, 0.5) is 0 Å². The summed E-state index contributed by atoms with van der Waals surface area (Å²) in [5.74, 6) is -0.556. The zero-order chi connectivity index (χ0) is 16.7. The largest absolute Gasteiger partial charge is 0.508 e. The van der Waals surface area contributed by atoms with Crippen molar-refractivity contribution in [2.75, 3.05) is 6.61 Å². The minimum Gasteiger partial charge on any atom is -0.508 e. The Bertz CT molecular complexity index is 677. The Hall–Kier alpha value is -2.62. The molecule has 0 amide bonds. The van der Waals surface area contributed by atoms with Crippen LogP contribution in [0.25, 0.3) is 0 Å². The van der Waals surface area contributed by atoms with Gasteiger partial charge in [-0.1, -0.05) is 43.7 Å². The van der Waals surface area contributed by atoms with E-state index in [-0.39, 0.29) is 18.0 Å². The fraction of sp³-hybridized carbons (Fsp3) is 0.263. The molecule has 0 saturated heterocycles. The van der Waals surface area contributed by atoms with E-state index in [1.54, 1.807) is 30.3 Å². The average Bonchev–Trinajstić information content (AvgIpc) is 2.55. The summed E-state index contributed by atoms with van der Waals surface area (Å²) in [5, 5.41) is 9.65. The molecule has 120 valence electrons. The van der Waals surface area contributed by atoms with Crippen molar-refractivity contribution in [3.63, 3.8) is 0 Å². The first-order valence-corrected chi connectivity index (χ1v) is 7.69. The van der Waals surface area contributed by atoms with E-state index in [0.717, 1.165) is 12.8 Å². The Morgan fingerprint density at radius 3 is 2.52 bits per heavy atom. The molecule has 0 spiro atoms. The SMILES string of the molecule is CCCCOC(=O)Cc1cc(O)ccc1C(=O)c1ccccc1. The maximum atomic E-state index is 12.6. The number of esters is 1. The van der Waals surface area contributed by atoms with Crippen LogP contribution in [0.3, 0.4) is 0 Å². The van der Waals surface area contributed by atoms with Crippen LogP contribution in [-0.2, 0) is 16.0 Å². The third-order valence-corrected chi connectivity index (χ3v) is 3.47. The molecule has 0 saturated carbocycles. The Morgan fingerprint density at radius 2 is 1.83 bits per heavy atom. The quantitative estimate of drug-likeness (QED) is 0.483. The maximum Gasteiger partial charge on any atom is 0.310 e. The second-order valence-electron chi connectivity index (χ2n) is 5.29. The highest BCUT2D eigenvalue weighted by molar-refractivity contribution is 6.10. The number of ketones is 1. The summed E-state index contributed by atoms with van der Waals surface area (Å²) in [6, 6.07) is 13.3. The van der Waals surface area contributed by atoms with Crippen LogP contribution in [0.5, 0.6) is 5.75 Å². The second-order valence-corrected chi connectivity index (χ2v) is 5.29. The standard InChI is InChI=1S/C19H20O4/c1-2-3-11-23-18(21)13-15-12-16(20)9-10-17(15)19(22)14-7-5-4-6-8-14/h4-10,12,20H,2-3,11,13H2,1H3. The minimum absolute atomic E-state index is 0.0194. The van der Waals surface area contributed by atoms with Gasteiger partial charge in [0.2, 0.25) is 0 Å². The number of aromatic hydroxyl groups is 1. The smallest absolute Gasteiger partial charge is 0.310 e. The van der Waals surface area contributed by atoms with Gasteiger partial charge in [0.05, 0.1) is 13.0 Å². The van der Waals surface area contributed by atoms with Crippen molar-refractivity contribution >= 4 is 11.8 Å². The molecule has 1 N–H and O–H groups in total. The monoisotopic (exact) mass is 312 g/mol. The summed E-state index contributed by atoms with van der Waals surface area (Å²) in [6.07, 6.45) is 1.71. The summed E-state index contributed by atoms with van der Waals surface area (Å²) < 4.78 is 5.13. The molecule has 0 bridgehead atoms. The summed E-state index contributed by atoms with van der Waals surface area (Å²) in [4.78, 5) is 24.5. The van der Waals surface area contributed by atoms with Crippen molar-refractivity contribution in [3.8, 4) is 5.75 Å². The highest BCUT2D eigenvalue weighted by Crippen LogP contribution is 2.21. The molecule has 0 aliphatic carbocycles. The average molecular weight is 312 g/mol. The fourth-order valence-corrected chi connectivity index (χ4v) is 2.23. The Balaban J connectivity index is 2.20. The predicted octanol–water partition coefficient (Wildman–Crippen LogP) is 3.51.